The molecule has 0 fully saturated rings. The van der Waals surface area contributed by atoms with Crippen molar-refractivity contribution in [2.24, 2.45) is 0 Å². The molecule has 0 unspecified atom stereocenters. The van der Waals surface area contributed by atoms with Gasteiger partial charge < -0.3 is 15.5 Å². The number of nitriles is 1. The van der Waals surface area contributed by atoms with Crippen LogP contribution in [0.25, 0.3) is 0 Å². The van der Waals surface area contributed by atoms with Gasteiger partial charge in [-0.05, 0) is 48.5 Å². The van der Waals surface area contributed by atoms with E-state index in [1.165, 1.54) is 0 Å². The topological polar surface area (TPSA) is 85.2 Å². The van der Waals surface area contributed by atoms with E-state index in [2.05, 4.69) is 10.6 Å². The van der Waals surface area contributed by atoms with Gasteiger partial charge in [-0.15, -0.1) is 0 Å². The van der Waals surface area contributed by atoms with E-state index in [0.29, 0.717) is 16.9 Å². The average Bonchev–Trinajstić information content (AvgIpc) is 2.57. The zero-order chi connectivity index (χ0) is 17.5. The maximum atomic E-state index is 12.2. The predicted molar refractivity (Wildman–Crippen MR) is 94.0 cm³/mol. The molecule has 24 heavy (non-hydrogen) atoms. The third kappa shape index (κ3) is 4.58. The molecule has 2 amide bonds. The van der Waals surface area contributed by atoms with Gasteiger partial charge in [0.25, 0.3) is 5.91 Å². The monoisotopic (exact) mass is 322 g/mol. The van der Waals surface area contributed by atoms with Crippen LogP contribution in [0, 0.1) is 11.3 Å². The lowest BCUT2D eigenvalue weighted by molar-refractivity contribution is -0.115. The Morgan fingerprint density at radius 3 is 2.00 bits per heavy atom. The molecule has 0 spiro atoms. The van der Waals surface area contributed by atoms with E-state index in [4.69, 9.17) is 5.26 Å². The van der Waals surface area contributed by atoms with Crippen molar-refractivity contribution >= 4 is 28.9 Å². The molecule has 0 aliphatic carbocycles. The van der Waals surface area contributed by atoms with Crippen LogP contribution >= 0.6 is 0 Å². The Morgan fingerprint density at radius 1 is 0.958 bits per heavy atom. The van der Waals surface area contributed by atoms with Gasteiger partial charge in [0.15, 0.2) is 0 Å². The highest BCUT2D eigenvalue weighted by molar-refractivity contribution is 6.04. The number of nitrogens with zero attached hydrogens (tertiary/aromatic N) is 2. The molecule has 0 radical (unpaired) electrons. The number of rotatable bonds is 5. The van der Waals surface area contributed by atoms with Crippen molar-refractivity contribution in [2.75, 3.05) is 29.6 Å². The van der Waals surface area contributed by atoms with Gasteiger partial charge >= 0.3 is 0 Å². The van der Waals surface area contributed by atoms with Crippen LogP contribution in [0.5, 0.6) is 0 Å². The summed E-state index contributed by atoms with van der Waals surface area (Å²) in [5, 5.41) is 13.8. The third-order valence-corrected chi connectivity index (χ3v) is 3.31. The molecule has 2 aromatic carbocycles. The van der Waals surface area contributed by atoms with E-state index >= 15 is 0 Å². The van der Waals surface area contributed by atoms with Crippen molar-refractivity contribution in [2.45, 2.75) is 6.42 Å². The lowest BCUT2D eigenvalue weighted by atomic mass is 10.2. The fraction of sp³-hybridized carbons (Fsp3) is 0.167. The van der Waals surface area contributed by atoms with Crippen LogP contribution in [0.4, 0.5) is 17.1 Å². The predicted octanol–water partition coefficient (Wildman–Crippen LogP) is 2.86. The van der Waals surface area contributed by atoms with Gasteiger partial charge in [-0.25, -0.2) is 0 Å². The zero-order valence-electron chi connectivity index (χ0n) is 13.5. The number of amides is 2. The van der Waals surface area contributed by atoms with Crippen molar-refractivity contribution in [1.29, 1.82) is 5.26 Å². The first kappa shape index (κ1) is 17.0. The number of nitrogens with one attached hydrogen (secondary N) is 2. The Balaban J connectivity index is 1.99. The normalized spacial score (nSPS) is 9.71. The summed E-state index contributed by atoms with van der Waals surface area (Å²) in [5.74, 6) is -0.572. The molecule has 2 aromatic rings. The Kier molecular flexibility index (Phi) is 5.53. The minimum absolute atomic E-state index is 0.193. The number of hydrogen-bond acceptors (Lipinski definition) is 4. The SMILES string of the molecule is CN(C)c1ccc(C(=O)Nc2ccc(NC(=O)CC#N)cc2)cc1. The molecule has 0 saturated carbocycles. The Bertz CT molecular complexity index is 759. The van der Waals surface area contributed by atoms with Crippen molar-refractivity contribution in [3.8, 4) is 6.07 Å². The van der Waals surface area contributed by atoms with Crippen LogP contribution < -0.4 is 15.5 Å². The quantitative estimate of drug-likeness (QED) is 0.886. The number of hydrogen-bond donors (Lipinski definition) is 2. The average molecular weight is 322 g/mol. The lowest BCUT2D eigenvalue weighted by Crippen LogP contribution is -2.13. The minimum atomic E-state index is -0.365. The molecule has 2 N–H and O–H groups in total. The number of anilines is 3. The summed E-state index contributed by atoms with van der Waals surface area (Å²) in [4.78, 5) is 25.5. The summed E-state index contributed by atoms with van der Waals surface area (Å²) in [6.07, 6.45) is -0.193. The largest absolute Gasteiger partial charge is 0.378 e. The van der Waals surface area contributed by atoms with Crippen LogP contribution in [0.2, 0.25) is 0 Å². The number of carbonyl (C=O) groups is 2. The number of benzene rings is 2. The highest BCUT2D eigenvalue weighted by Gasteiger charge is 2.07. The van der Waals surface area contributed by atoms with Crippen LogP contribution in [-0.2, 0) is 4.79 Å². The molecule has 0 saturated heterocycles. The van der Waals surface area contributed by atoms with E-state index in [1.54, 1.807) is 42.5 Å². The van der Waals surface area contributed by atoms with Gasteiger partial charge in [-0.3, -0.25) is 9.59 Å². The van der Waals surface area contributed by atoms with E-state index < -0.39 is 0 Å². The second-order valence-corrected chi connectivity index (χ2v) is 5.36. The molecule has 0 heterocycles. The molecule has 0 bridgehead atoms. The smallest absolute Gasteiger partial charge is 0.255 e. The molecule has 0 aliphatic heterocycles. The highest BCUT2D eigenvalue weighted by Crippen LogP contribution is 2.16. The summed E-state index contributed by atoms with van der Waals surface area (Å²) in [6.45, 7) is 0. The second kappa shape index (κ2) is 7.79. The van der Waals surface area contributed by atoms with Gasteiger partial charge in [0.05, 0.1) is 6.07 Å². The molecule has 6 nitrogen and oxygen atoms in total. The summed E-state index contributed by atoms with van der Waals surface area (Å²) in [5.41, 5.74) is 2.77. The third-order valence-electron chi connectivity index (χ3n) is 3.31. The summed E-state index contributed by atoms with van der Waals surface area (Å²) >= 11 is 0. The van der Waals surface area contributed by atoms with E-state index in [1.807, 2.05) is 31.1 Å². The summed E-state index contributed by atoms with van der Waals surface area (Å²) < 4.78 is 0. The Hall–Kier alpha value is -3.33. The summed E-state index contributed by atoms with van der Waals surface area (Å²) in [6, 6.07) is 15.8. The molecular weight excluding hydrogens is 304 g/mol. The van der Waals surface area contributed by atoms with Crippen LogP contribution in [-0.4, -0.2) is 25.9 Å². The molecule has 122 valence electrons. The molecule has 2 rings (SSSR count). The van der Waals surface area contributed by atoms with Crippen LogP contribution in [0.3, 0.4) is 0 Å². The molecule has 6 heteroatoms. The molecule has 0 atom stereocenters. The van der Waals surface area contributed by atoms with Crippen molar-refractivity contribution in [3.63, 3.8) is 0 Å². The van der Waals surface area contributed by atoms with Gasteiger partial charge in [-0.2, -0.15) is 5.26 Å². The van der Waals surface area contributed by atoms with E-state index in [-0.39, 0.29) is 18.2 Å². The molecular formula is C18H18N4O2. The van der Waals surface area contributed by atoms with Crippen molar-refractivity contribution < 1.29 is 9.59 Å². The van der Waals surface area contributed by atoms with Crippen LogP contribution in [0.15, 0.2) is 48.5 Å². The maximum absolute atomic E-state index is 12.2. The fourth-order valence-corrected chi connectivity index (χ4v) is 2.03. The minimum Gasteiger partial charge on any atom is -0.378 e. The first-order valence-electron chi connectivity index (χ1n) is 7.35. The van der Waals surface area contributed by atoms with Crippen molar-refractivity contribution in [1.82, 2.24) is 0 Å². The van der Waals surface area contributed by atoms with Gasteiger partial charge in [-0.1, -0.05) is 0 Å². The van der Waals surface area contributed by atoms with Crippen molar-refractivity contribution in [3.05, 3.63) is 54.1 Å². The lowest BCUT2D eigenvalue weighted by Gasteiger charge is -2.12. The van der Waals surface area contributed by atoms with Crippen LogP contribution in [0.1, 0.15) is 16.8 Å². The Morgan fingerprint density at radius 2 is 1.50 bits per heavy atom. The van der Waals surface area contributed by atoms with Gasteiger partial charge in [0, 0.05) is 36.7 Å². The fourth-order valence-electron chi connectivity index (χ4n) is 2.03. The standard InChI is InChI=1S/C18H18N4O2/c1-22(2)16-9-3-13(4-10-16)18(24)21-15-7-5-14(6-8-15)20-17(23)11-12-19/h3-10H,11H2,1-2H3,(H,20,23)(H,21,24). The zero-order valence-corrected chi connectivity index (χ0v) is 13.5. The Labute approximate surface area is 140 Å². The first-order valence-corrected chi connectivity index (χ1v) is 7.35. The van der Waals surface area contributed by atoms with Gasteiger partial charge in [0.2, 0.25) is 5.91 Å². The van der Waals surface area contributed by atoms with Gasteiger partial charge in [0.1, 0.15) is 6.42 Å². The highest BCUT2D eigenvalue weighted by atomic mass is 16.2. The molecule has 0 aromatic heterocycles. The maximum Gasteiger partial charge on any atom is 0.255 e. The van der Waals surface area contributed by atoms with E-state index in [9.17, 15) is 9.59 Å². The number of carbonyl (C=O) groups excluding carboxylic acids is 2. The second-order valence-electron chi connectivity index (χ2n) is 5.36. The first-order chi connectivity index (χ1) is 11.5. The van der Waals surface area contributed by atoms with E-state index in [0.717, 1.165) is 5.69 Å². The summed E-state index contributed by atoms with van der Waals surface area (Å²) in [7, 11) is 3.87. The molecule has 0 aliphatic rings.